The van der Waals surface area contributed by atoms with E-state index in [9.17, 15) is 13.2 Å². The highest BCUT2D eigenvalue weighted by Gasteiger charge is 2.29. The number of aryl methyl sites for hydroxylation is 1. The molecule has 1 fully saturated rings. The van der Waals surface area contributed by atoms with Gasteiger partial charge in [-0.05, 0) is 50.5 Å². The Labute approximate surface area is 129 Å². The summed E-state index contributed by atoms with van der Waals surface area (Å²) in [6, 6.07) is 4.24. The fourth-order valence-corrected chi connectivity index (χ4v) is 3.17. The van der Waals surface area contributed by atoms with Crippen molar-refractivity contribution in [3.63, 3.8) is 0 Å². The van der Waals surface area contributed by atoms with Gasteiger partial charge >= 0.3 is 0 Å². The molecule has 5 nitrogen and oxygen atoms in total. The highest BCUT2D eigenvalue weighted by molar-refractivity contribution is 8.13. The van der Waals surface area contributed by atoms with Gasteiger partial charge < -0.3 is 10.1 Å². The molecule has 1 aromatic carbocycles. The van der Waals surface area contributed by atoms with Crippen LogP contribution in [0.2, 0.25) is 0 Å². The van der Waals surface area contributed by atoms with Gasteiger partial charge in [0.15, 0.2) is 0 Å². The number of carbonyl (C=O) groups is 1. The second kappa shape index (κ2) is 5.94. The molecule has 0 atom stereocenters. The second-order valence-corrected chi connectivity index (χ2v) is 8.11. The molecule has 0 radical (unpaired) electrons. The third-order valence-electron chi connectivity index (χ3n) is 3.74. The lowest BCUT2D eigenvalue weighted by Crippen LogP contribution is -2.49. The summed E-state index contributed by atoms with van der Waals surface area (Å²) in [5.74, 6) is -0.213. The van der Waals surface area contributed by atoms with Crippen LogP contribution in [0.4, 0.5) is 0 Å². The van der Waals surface area contributed by atoms with Crippen LogP contribution in [0.3, 0.4) is 0 Å². The summed E-state index contributed by atoms with van der Waals surface area (Å²) in [5, 5.41) is 3.01. The van der Waals surface area contributed by atoms with Crippen molar-refractivity contribution in [2.24, 2.45) is 0 Å². The Morgan fingerprint density at radius 1 is 1.33 bits per heavy atom. The van der Waals surface area contributed by atoms with Crippen molar-refractivity contribution in [1.82, 2.24) is 5.32 Å². The average Bonchev–Trinajstić information content (AvgIpc) is 2.37. The summed E-state index contributed by atoms with van der Waals surface area (Å²) in [6.07, 6.45) is 1.51. The maximum absolute atomic E-state index is 12.4. The fraction of sp³-hybridized carbons (Fsp3) is 0.500. The van der Waals surface area contributed by atoms with E-state index in [-0.39, 0.29) is 16.3 Å². The zero-order valence-corrected chi connectivity index (χ0v) is 13.6. The Kier molecular flexibility index (Phi) is 4.60. The third kappa shape index (κ3) is 3.96. The van der Waals surface area contributed by atoms with Gasteiger partial charge in [0.2, 0.25) is 0 Å². The minimum absolute atomic E-state index is 0.00417. The van der Waals surface area contributed by atoms with E-state index in [1.165, 1.54) is 18.2 Å². The molecule has 1 N–H and O–H groups in total. The maximum atomic E-state index is 12.4. The normalized spacial score (nSPS) is 18.2. The maximum Gasteiger partial charge on any atom is 0.261 e. The number of nitrogens with one attached hydrogen (secondary N) is 1. The topological polar surface area (TPSA) is 72.5 Å². The van der Waals surface area contributed by atoms with Crippen LogP contribution >= 0.6 is 10.7 Å². The van der Waals surface area contributed by atoms with Gasteiger partial charge in [0.05, 0.1) is 4.90 Å². The molecule has 0 aromatic heterocycles. The predicted octanol–water partition coefficient (Wildman–Crippen LogP) is 2.22. The van der Waals surface area contributed by atoms with Crippen LogP contribution in [0.1, 0.15) is 35.7 Å². The number of carbonyl (C=O) groups excluding carboxylic acids is 1. The van der Waals surface area contributed by atoms with E-state index in [4.69, 9.17) is 15.4 Å². The van der Waals surface area contributed by atoms with Gasteiger partial charge in [0.25, 0.3) is 15.0 Å². The molecule has 21 heavy (non-hydrogen) atoms. The third-order valence-corrected chi connectivity index (χ3v) is 5.09. The molecule has 0 spiro atoms. The van der Waals surface area contributed by atoms with Crippen LogP contribution in [0.25, 0.3) is 0 Å². The van der Waals surface area contributed by atoms with Crippen LogP contribution in [0.5, 0.6) is 0 Å². The van der Waals surface area contributed by atoms with Gasteiger partial charge in [0.1, 0.15) is 0 Å². The largest absolute Gasteiger partial charge is 0.381 e. The molecule has 0 bridgehead atoms. The van der Waals surface area contributed by atoms with Gasteiger partial charge in [-0.1, -0.05) is 0 Å². The van der Waals surface area contributed by atoms with Gasteiger partial charge in [-0.3, -0.25) is 4.79 Å². The van der Waals surface area contributed by atoms with Crippen molar-refractivity contribution in [1.29, 1.82) is 0 Å². The molecule has 0 aliphatic carbocycles. The molecule has 7 heteroatoms. The average molecular weight is 332 g/mol. The second-order valence-electron chi connectivity index (χ2n) is 5.54. The first-order valence-electron chi connectivity index (χ1n) is 6.67. The smallest absolute Gasteiger partial charge is 0.261 e. The summed E-state index contributed by atoms with van der Waals surface area (Å²) >= 11 is 0. The number of hydrogen-bond donors (Lipinski definition) is 1. The van der Waals surface area contributed by atoms with Gasteiger partial charge in [-0.25, -0.2) is 8.42 Å². The minimum atomic E-state index is -3.78. The SMILES string of the molecule is Cc1cc(S(=O)(=O)Cl)ccc1C(=O)NC1(C)CCOCC1. The van der Waals surface area contributed by atoms with Crippen molar-refractivity contribution in [3.8, 4) is 0 Å². The lowest BCUT2D eigenvalue weighted by atomic mass is 9.92. The van der Waals surface area contributed by atoms with Gasteiger partial charge in [-0.2, -0.15) is 0 Å². The Morgan fingerprint density at radius 3 is 2.48 bits per heavy atom. The Morgan fingerprint density at radius 2 is 1.95 bits per heavy atom. The molecular weight excluding hydrogens is 314 g/mol. The molecule has 1 saturated heterocycles. The summed E-state index contributed by atoms with van der Waals surface area (Å²) < 4.78 is 27.9. The van der Waals surface area contributed by atoms with E-state index in [1.54, 1.807) is 6.92 Å². The first kappa shape index (κ1) is 16.3. The molecule has 1 aliphatic heterocycles. The molecule has 1 heterocycles. The number of ether oxygens (including phenoxy) is 1. The molecule has 0 saturated carbocycles. The van der Waals surface area contributed by atoms with Crippen molar-refractivity contribution in [2.75, 3.05) is 13.2 Å². The van der Waals surface area contributed by atoms with Crippen LogP contribution in [-0.4, -0.2) is 33.1 Å². The molecule has 2 rings (SSSR count). The molecule has 1 amide bonds. The van der Waals surface area contributed by atoms with Gasteiger partial charge in [-0.15, -0.1) is 0 Å². The standard InChI is InChI=1S/C14H18ClNO4S/c1-10-9-11(21(15,18)19)3-4-12(10)13(17)16-14(2)5-7-20-8-6-14/h3-4,9H,5-8H2,1-2H3,(H,16,17). The Bertz CT molecular complexity index is 651. The Hall–Kier alpha value is -1.11. The monoisotopic (exact) mass is 331 g/mol. The molecular formula is C14H18ClNO4S. The van der Waals surface area contributed by atoms with E-state index in [0.29, 0.717) is 24.3 Å². The van der Waals surface area contributed by atoms with Crippen molar-refractivity contribution in [2.45, 2.75) is 37.1 Å². The number of rotatable bonds is 3. The lowest BCUT2D eigenvalue weighted by molar-refractivity contribution is 0.0422. The van der Waals surface area contributed by atoms with Crippen LogP contribution < -0.4 is 5.32 Å². The van der Waals surface area contributed by atoms with Gasteiger partial charge in [0, 0.05) is 35.0 Å². The van der Waals surface area contributed by atoms with E-state index < -0.39 is 9.05 Å². The number of benzene rings is 1. The molecule has 1 aliphatic rings. The highest BCUT2D eigenvalue weighted by atomic mass is 35.7. The minimum Gasteiger partial charge on any atom is -0.381 e. The zero-order chi connectivity index (χ0) is 15.7. The van der Waals surface area contributed by atoms with E-state index in [1.807, 2.05) is 6.92 Å². The highest BCUT2D eigenvalue weighted by Crippen LogP contribution is 2.22. The van der Waals surface area contributed by atoms with E-state index >= 15 is 0 Å². The van der Waals surface area contributed by atoms with E-state index in [2.05, 4.69) is 5.32 Å². The molecule has 116 valence electrons. The van der Waals surface area contributed by atoms with Crippen molar-refractivity contribution >= 4 is 25.6 Å². The first-order valence-corrected chi connectivity index (χ1v) is 8.98. The number of amides is 1. The summed E-state index contributed by atoms with van der Waals surface area (Å²) in [5.41, 5.74) is 0.732. The lowest BCUT2D eigenvalue weighted by Gasteiger charge is -2.34. The fourth-order valence-electron chi connectivity index (χ4n) is 2.33. The quantitative estimate of drug-likeness (QED) is 0.862. The first-order chi connectivity index (χ1) is 9.71. The summed E-state index contributed by atoms with van der Waals surface area (Å²) in [6.45, 7) is 4.92. The molecule has 1 aromatic rings. The van der Waals surface area contributed by atoms with Crippen molar-refractivity contribution in [3.05, 3.63) is 29.3 Å². The zero-order valence-electron chi connectivity index (χ0n) is 12.0. The number of hydrogen-bond acceptors (Lipinski definition) is 4. The summed E-state index contributed by atoms with van der Waals surface area (Å²) in [4.78, 5) is 12.4. The Balaban J connectivity index is 2.20. The van der Waals surface area contributed by atoms with Crippen LogP contribution in [0.15, 0.2) is 23.1 Å². The van der Waals surface area contributed by atoms with Crippen molar-refractivity contribution < 1.29 is 17.9 Å². The predicted molar refractivity (Wildman–Crippen MR) is 80.1 cm³/mol. The van der Waals surface area contributed by atoms with Crippen LogP contribution in [0, 0.1) is 6.92 Å². The molecule has 0 unspecified atom stereocenters. The summed E-state index contributed by atoms with van der Waals surface area (Å²) in [7, 11) is 1.51. The number of halogens is 1. The van der Waals surface area contributed by atoms with E-state index in [0.717, 1.165) is 12.8 Å². The van der Waals surface area contributed by atoms with Crippen LogP contribution in [-0.2, 0) is 13.8 Å².